The van der Waals surface area contributed by atoms with Gasteiger partial charge in [0, 0.05) is 38.5 Å². The molecule has 7 heteroatoms. The molecule has 0 atom stereocenters. The van der Waals surface area contributed by atoms with Crippen molar-refractivity contribution in [2.24, 2.45) is 0 Å². The van der Waals surface area contributed by atoms with E-state index in [0.717, 1.165) is 32.0 Å². The van der Waals surface area contributed by atoms with Crippen LogP contribution in [0.1, 0.15) is 36.9 Å². The number of piperidine rings is 1. The Bertz CT molecular complexity index is 815. The van der Waals surface area contributed by atoms with Crippen molar-refractivity contribution in [1.82, 2.24) is 19.7 Å². The standard InChI is InChI=1S/C17H16ClFN4O/c1-12(24)22-6-4-15(5-7-22)23-11-13(9-21-23)2-3-14-10-20-17(18)8-16(14)19/h8-11,15H,4-7H2,1H3. The summed E-state index contributed by atoms with van der Waals surface area (Å²) in [6.07, 6.45) is 6.55. The molecule has 0 bridgehead atoms. The average Bonchev–Trinajstić information content (AvgIpc) is 3.03. The van der Waals surface area contributed by atoms with Gasteiger partial charge in [0.15, 0.2) is 0 Å². The molecule has 0 saturated carbocycles. The Morgan fingerprint density at radius 3 is 2.75 bits per heavy atom. The van der Waals surface area contributed by atoms with Gasteiger partial charge in [-0.1, -0.05) is 23.4 Å². The Balaban J connectivity index is 1.69. The fraction of sp³-hybridized carbons (Fsp3) is 0.353. The van der Waals surface area contributed by atoms with Crippen molar-refractivity contribution >= 4 is 17.5 Å². The highest BCUT2D eigenvalue weighted by Gasteiger charge is 2.22. The van der Waals surface area contributed by atoms with Gasteiger partial charge in [0.2, 0.25) is 5.91 Å². The van der Waals surface area contributed by atoms with E-state index in [1.165, 1.54) is 6.20 Å². The van der Waals surface area contributed by atoms with Crippen molar-refractivity contribution in [1.29, 1.82) is 0 Å². The number of likely N-dealkylation sites (tertiary alicyclic amines) is 1. The summed E-state index contributed by atoms with van der Waals surface area (Å²) in [5, 5.41) is 4.44. The molecule has 0 unspecified atom stereocenters. The van der Waals surface area contributed by atoms with Crippen molar-refractivity contribution in [3.05, 3.63) is 46.8 Å². The van der Waals surface area contributed by atoms with Gasteiger partial charge in [-0.25, -0.2) is 9.37 Å². The molecule has 1 saturated heterocycles. The number of halogens is 2. The number of carbonyl (C=O) groups is 1. The number of rotatable bonds is 1. The van der Waals surface area contributed by atoms with Crippen LogP contribution in [0, 0.1) is 17.7 Å². The number of carbonyl (C=O) groups excluding carboxylic acids is 1. The normalized spacial score (nSPS) is 15.0. The van der Waals surface area contributed by atoms with Gasteiger partial charge in [-0.3, -0.25) is 9.48 Å². The van der Waals surface area contributed by atoms with Crippen LogP contribution >= 0.6 is 11.6 Å². The first-order valence-corrected chi connectivity index (χ1v) is 8.03. The van der Waals surface area contributed by atoms with E-state index in [2.05, 4.69) is 21.9 Å². The molecular formula is C17H16ClFN4O. The van der Waals surface area contributed by atoms with E-state index in [0.29, 0.717) is 5.56 Å². The first kappa shape index (κ1) is 16.5. The number of hydrogen-bond donors (Lipinski definition) is 0. The topological polar surface area (TPSA) is 51.0 Å². The van der Waals surface area contributed by atoms with Gasteiger partial charge in [0.25, 0.3) is 0 Å². The molecule has 3 heterocycles. The molecule has 1 fully saturated rings. The maximum atomic E-state index is 13.7. The van der Waals surface area contributed by atoms with Gasteiger partial charge in [-0.15, -0.1) is 0 Å². The summed E-state index contributed by atoms with van der Waals surface area (Å²) >= 11 is 5.62. The van der Waals surface area contributed by atoms with Crippen LogP contribution < -0.4 is 0 Å². The van der Waals surface area contributed by atoms with Crippen LogP contribution in [0.4, 0.5) is 4.39 Å². The van der Waals surface area contributed by atoms with E-state index in [4.69, 9.17) is 11.6 Å². The lowest BCUT2D eigenvalue weighted by Crippen LogP contribution is -2.37. The minimum atomic E-state index is -0.494. The molecule has 0 radical (unpaired) electrons. The highest BCUT2D eigenvalue weighted by molar-refractivity contribution is 6.29. The van der Waals surface area contributed by atoms with Crippen LogP contribution in [0.25, 0.3) is 0 Å². The zero-order valence-corrected chi connectivity index (χ0v) is 13.9. The molecule has 0 aliphatic carbocycles. The van der Waals surface area contributed by atoms with Gasteiger partial charge < -0.3 is 4.90 Å². The van der Waals surface area contributed by atoms with Crippen molar-refractivity contribution in [3.8, 4) is 11.8 Å². The fourth-order valence-corrected chi connectivity index (χ4v) is 2.83. The molecule has 0 N–H and O–H groups in total. The zero-order chi connectivity index (χ0) is 17.1. The summed E-state index contributed by atoms with van der Waals surface area (Å²) in [6, 6.07) is 1.39. The van der Waals surface area contributed by atoms with Crippen molar-refractivity contribution < 1.29 is 9.18 Å². The molecular weight excluding hydrogens is 331 g/mol. The molecule has 5 nitrogen and oxygen atoms in total. The van der Waals surface area contributed by atoms with Gasteiger partial charge in [0.05, 0.1) is 23.4 Å². The number of pyridine rings is 1. The third-order valence-electron chi connectivity index (χ3n) is 4.05. The first-order chi connectivity index (χ1) is 11.5. The quantitative estimate of drug-likeness (QED) is 0.589. The lowest BCUT2D eigenvalue weighted by molar-refractivity contribution is -0.130. The second-order valence-electron chi connectivity index (χ2n) is 5.68. The number of hydrogen-bond acceptors (Lipinski definition) is 3. The van der Waals surface area contributed by atoms with Gasteiger partial charge in [-0.2, -0.15) is 5.10 Å². The van der Waals surface area contributed by atoms with Crippen LogP contribution in [0.5, 0.6) is 0 Å². The van der Waals surface area contributed by atoms with Crippen LogP contribution in [-0.4, -0.2) is 38.7 Å². The first-order valence-electron chi connectivity index (χ1n) is 7.65. The highest BCUT2D eigenvalue weighted by Crippen LogP contribution is 2.22. The van der Waals surface area contributed by atoms with Crippen LogP contribution in [0.2, 0.25) is 5.15 Å². The molecule has 1 amide bonds. The Hall–Kier alpha value is -2.39. The second kappa shape index (κ2) is 7.02. The molecule has 1 aliphatic rings. The second-order valence-corrected chi connectivity index (χ2v) is 6.07. The summed E-state index contributed by atoms with van der Waals surface area (Å²) in [4.78, 5) is 17.0. The van der Waals surface area contributed by atoms with Crippen molar-refractivity contribution in [2.45, 2.75) is 25.8 Å². The third-order valence-corrected chi connectivity index (χ3v) is 4.25. The largest absolute Gasteiger partial charge is 0.343 e. The lowest BCUT2D eigenvalue weighted by Gasteiger charge is -2.31. The van der Waals surface area contributed by atoms with Gasteiger partial charge >= 0.3 is 0 Å². The Morgan fingerprint density at radius 2 is 2.08 bits per heavy atom. The Kier molecular flexibility index (Phi) is 4.81. The number of nitrogens with zero attached hydrogens (tertiary/aromatic N) is 4. The smallest absolute Gasteiger partial charge is 0.219 e. The molecule has 3 rings (SSSR count). The maximum Gasteiger partial charge on any atom is 0.219 e. The van der Waals surface area contributed by atoms with E-state index in [1.54, 1.807) is 13.1 Å². The summed E-state index contributed by atoms with van der Waals surface area (Å²) < 4.78 is 15.5. The predicted octanol–water partition coefficient (Wildman–Crippen LogP) is 2.65. The molecule has 0 aromatic carbocycles. The Labute approximate surface area is 144 Å². The van der Waals surface area contributed by atoms with Crippen LogP contribution in [-0.2, 0) is 4.79 Å². The summed E-state index contributed by atoms with van der Waals surface area (Å²) in [5.74, 6) is 5.25. The summed E-state index contributed by atoms with van der Waals surface area (Å²) in [6.45, 7) is 3.07. The molecule has 1 aliphatic heterocycles. The highest BCUT2D eigenvalue weighted by atomic mass is 35.5. The minimum absolute atomic E-state index is 0.0998. The van der Waals surface area contributed by atoms with Crippen LogP contribution in [0.3, 0.4) is 0 Å². The van der Waals surface area contributed by atoms with Gasteiger partial charge in [-0.05, 0) is 12.8 Å². The van der Waals surface area contributed by atoms with E-state index in [-0.39, 0.29) is 22.7 Å². The molecule has 0 spiro atoms. The Morgan fingerprint density at radius 1 is 1.33 bits per heavy atom. The molecule has 124 valence electrons. The third kappa shape index (κ3) is 3.74. The molecule has 2 aromatic rings. The number of aromatic nitrogens is 3. The van der Waals surface area contributed by atoms with E-state index < -0.39 is 5.82 Å². The average molecular weight is 347 g/mol. The van der Waals surface area contributed by atoms with E-state index in [9.17, 15) is 9.18 Å². The van der Waals surface area contributed by atoms with E-state index >= 15 is 0 Å². The predicted molar refractivity (Wildman–Crippen MR) is 87.9 cm³/mol. The molecule has 2 aromatic heterocycles. The molecule has 24 heavy (non-hydrogen) atoms. The summed E-state index contributed by atoms with van der Waals surface area (Å²) in [5.41, 5.74) is 0.903. The lowest BCUT2D eigenvalue weighted by atomic mass is 10.1. The zero-order valence-electron chi connectivity index (χ0n) is 13.2. The van der Waals surface area contributed by atoms with Crippen molar-refractivity contribution in [3.63, 3.8) is 0 Å². The minimum Gasteiger partial charge on any atom is -0.343 e. The maximum absolute atomic E-state index is 13.7. The van der Waals surface area contributed by atoms with Crippen molar-refractivity contribution in [2.75, 3.05) is 13.1 Å². The summed E-state index contributed by atoms with van der Waals surface area (Å²) in [7, 11) is 0. The fourth-order valence-electron chi connectivity index (χ4n) is 2.69. The SMILES string of the molecule is CC(=O)N1CCC(n2cc(C#Cc3cnc(Cl)cc3F)cn2)CC1. The number of amides is 1. The monoisotopic (exact) mass is 346 g/mol. The van der Waals surface area contributed by atoms with E-state index in [1.807, 2.05) is 15.8 Å². The van der Waals surface area contributed by atoms with Gasteiger partial charge in [0.1, 0.15) is 11.0 Å². The van der Waals surface area contributed by atoms with Crippen LogP contribution in [0.15, 0.2) is 24.7 Å².